The van der Waals surface area contributed by atoms with E-state index in [4.69, 9.17) is 4.74 Å². The minimum atomic E-state index is -0.770. The Morgan fingerprint density at radius 2 is 1.64 bits per heavy atom. The standard InChI is InChI=1S/C36H29BrN2O6/c1-2-45-29-10-6-9-23(34(29)42)30-22-15-16-24-31(25(22)17-26-32(30)28(40)18-27(37)33(26)41)36(44)39(35(24)43)21-13-11-20(12-14-21)38-19-7-4-3-5-8-19/h3-15,18,24-25,30-31,38,42H,2,16-17H2,1H3. The molecule has 1 fully saturated rings. The van der Waals surface area contributed by atoms with Crippen LogP contribution in [0.1, 0.15) is 31.2 Å². The van der Waals surface area contributed by atoms with Crippen molar-refractivity contribution in [1.29, 1.82) is 0 Å². The molecule has 9 heteroatoms. The van der Waals surface area contributed by atoms with Crippen LogP contribution in [-0.4, -0.2) is 35.1 Å². The molecule has 0 radical (unpaired) electrons. The summed E-state index contributed by atoms with van der Waals surface area (Å²) in [7, 11) is 0. The molecular formula is C36H29BrN2O6. The fourth-order valence-corrected chi connectivity index (χ4v) is 7.69. The van der Waals surface area contributed by atoms with Crippen LogP contribution in [0.5, 0.6) is 11.5 Å². The number of ether oxygens (including phenoxy) is 1. The molecule has 2 amide bonds. The number of ketones is 2. The highest BCUT2D eigenvalue weighted by Crippen LogP contribution is 2.57. The van der Waals surface area contributed by atoms with Crippen LogP contribution in [0.4, 0.5) is 17.1 Å². The van der Waals surface area contributed by atoms with Gasteiger partial charge in [-0.1, -0.05) is 42.0 Å². The lowest BCUT2D eigenvalue weighted by atomic mass is 9.59. The Hall–Kier alpha value is -4.76. The van der Waals surface area contributed by atoms with Crippen LogP contribution >= 0.6 is 15.9 Å². The number of nitrogens with one attached hydrogen (secondary N) is 1. The van der Waals surface area contributed by atoms with Crippen molar-refractivity contribution in [2.24, 2.45) is 17.8 Å². The van der Waals surface area contributed by atoms with Crippen molar-refractivity contribution >= 4 is 56.4 Å². The van der Waals surface area contributed by atoms with Crippen molar-refractivity contribution in [3.05, 3.63) is 112 Å². The fraction of sp³-hybridized carbons (Fsp3) is 0.222. The van der Waals surface area contributed by atoms with Gasteiger partial charge in [0.1, 0.15) is 0 Å². The normalized spacial score (nSPS) is 24.1. The Labute approximate surface area is 268 Å². The van der Waals surface area contributed by atoms with Crippen LogP contribution in [0.3, 0.4) is 0 Å². The number of fused-ring (bicyclic) bond motifs is 3. The van der Waals surface area contributed by atoms with E-state index in [1.165, 1.54) is 11.0 Å². The zero-order chi connectivity index (χ0) is 31.4. The first-order chi connectivity index (χ1) is 21.8. The van der Waals surface area contributed by atoms with Gasteiger partial charge in [-0.15, -0.1) is 0 Å². The van der Waals surface area contributed by atoms with Gasteiger partial charge in [-0.3, -0.25) is 24.1 Å². The van der Waals surface area contributed by atoms with Crippen molar-refractivity contribution in [3.63, 3.8) is 0 Å². The van der Waals surface area contributed by atoms with Gasteiger partial charge in [-0.2, -0.15) is 0 Å². The minimum absolute atomic E-state index is 0.117. The first kappa shape index (κ1) is 29.0. The van der Waals surface area contributed by atoms with Crippen molar-refractivity contribution in [3.8, 4) is 11.5 Å². The molecule has 0 saturated carbocycles. The number of carbonyl (C=O) groups excluding carboxylic acids is 4. The van der Waals surface area contributed by atoms with Gasteiger partial charge in [0.25, 0.3) is 0 Å². The summed E-state index contributed by atoms with van der Waals surface area (Å²) >= 11 is 3.25. The first-order valence-electron chi connectivity index (χ1n) is 14.9. The largest absolute Gasteiger partial charge is 0.504 e. The van der Waals surface area contributed by atoms with Crippen LogP contribution in [-0.2, 0) is 19.2 Å². The third-order valence-electron chi connectivity index (χ3n) is 9.16. The molecule has 3 aromatic carbocycles. The molecule has 45 heavy (non-hydrogen) atoms. The number of benzene rings is 3. The fourth-order valence-electron chi connectivity index (χ4n) is 7.24. The average molecular weight is 666 g/mol. The minimum Gasteiger partial charge on any atom is -0.504 e. The van der Waals surface area contributed by atoms with Crippen LogP contribution in [0.25, 0.3) is 0 Å². The molecule has 3 aliphatic carbocycles. The van der Waals surface area contributed by atoms with Crippen LogP contribution in [0.15, 0.2) is 106 Å². The number of hydrogen-bond acceptors (Lipinski definition) is 7. The molecule has 4 aliphatic rings. The summed E-state index contributed by atoms with van der Waals surface area (Å²) in [5.74, 6) is -3.73. The van der Waals surface area contributed by atoms with Gasteiger partial charge in [0.15, 0.2) is 23.1 Å². The lowest BCUT2D eigenvalue weighted by Crippen LogP contribution is -2.39. The molecule has 1 heterocycles. The van der Waals surface area contributed by atoms with Gasteiger partial charge in [-0.25, -0.2) is 0 Å². The van der Waals surface area contributed by atoms with Crippen LogP contribution in [0, 0.1) is 17.8 Å². The number of halogens is 1. The number of phenolic OH excluding ortho intramolecular Hbond substituents is 1. The number of nitrogens with zero attached hydrogens (tertiary/aromatic N) is 1. The molecule has 1 aliphatic heterocycles. The number of rotatable bonds is 6. The lowest BCUT2D eigenvalue weighted by molar-refractivity contribution is -0.123. The summed E-state index contributed by atoms with van der Waals surface area (Å²) in [6, 6.07) is 21.9. The Balaban J connectivity index is 1.26. The first-order valence-corrected chi connectivity index (χ1v) is 15.7. The number of para-hydroxylation sites is 2. The average Bonchev–Trinajstić information content (AvgIpc) is 3.30. The molecule has 3 aromatic rings. The molecule has 226 valence electrons. The molecule has 4 atom stereocenters. The predicted octanol–water partition coefficient (Wildman–Crippen LogP) is 6.50. The summed E-state index contributed by atoms with van der Waals surface area (Å²) < 4.78 is 5.79. The van der Waals surface area contributed by atoms with E-state index in [1.54, 1.807) is 37.3 Å². The summed E-state index contributed by atoms with van der Waals surface area (Å²) in [6.45, 7) is 2.13. The highest BCUT2D eigenvalue weighted by Gasteiger charge is 2.57. The summed E-state index contributed by atoms with van der Waals surface area (Å²) in [6.07, 6.45) is 3.65. The molecule has 7 rings (SSSR count). The smallest absolute Gasteiger partial charge is 0.238 e. The second-order valence-electron chi connectivity index (χ2n) is 11.6. The molecule has 0 aromatic heterocycles. The SMILES string of the molecule is CCOc1cccc(C2C3=CCC4C(=O)N(c5ccc(Nc6ccccc6)cc5)C(=O)C4C3CC3=C2C(=O)C=C(Br)C3=O)c1O. The number of phenols is 1. The van der Waals surface area contributed by atoms with Gasteiger partial charge in [0.2, 0.25) is 11.8 Å². The quantitative estimate of drug-likeness (QED) is 0.176. The van der Waals surface area contributed by atoms with Gasteiger partial charge >= 0.3 is 0 Å². The highest BCUT2D eigenvalue weighted by atomic mass is 79.9. The Kier molecular flexibility index (Phi) is 7.28. The molecule has 8 nitrogen and oxygen atoms in total. The molecule has 1 saturated heterocycles. The third-order valence-corrected chi connectivity index (χ3v) is 9.75. The van der Waals surface area contributed by atoms with Crippen LogP contribution in [0.2, 0.25) is 0 Å². The van der Waals surface area contributed by atoms with Gasteiger partial charge < -0.3 is 15.2 Å². The Bertz CT molecular complexity index is 1860. The van der Waals surface area contributed by atoms with E-state index in [1.807, 2.05) is 48.5 Å². The zero-order valence-electron chi connectivity index (χ0n) is 24.3. The summed E-state index contributed by atoms with van der Waals surface area (Å²) in [5.41, 5.74) is 3.99. The van der Waals surface area contributed by atoms with Crippen molar-refractivity contribution in [1.82, 2.24) is 0 Å². The van der Waals surface area contributed by atoms with E-state index in [9.17, 15) is 24.3 Å². The van der Waals surface area contributed by atoms with Crippen molar-refractivity contribution in [2.45, 2.75) is 25.7 Å². The van der Waals surface area contributed by atoms with Gasteiger partial charge in [0.05, 0.1) is 28.6 Å². The van der Waals surface area contributed by atoms with E-state index in [0.717, 1.165) is 16.9 Å². The second-order valence-corrected chi connectivity index (χ2v) is 12.4. The second kappa shape index (κ2) is 11.3. The highest BCUT2D eigenvalue weighted by molar-refractivity contribution is 9.12. The lowest BCUT2D eigenvalue weighted by Gasteiger charge is -2.42. The number of amides is 2. The zero-order valence-corrected chi connectivity index (χ0v) is 25.9. The van der Waals surface area contributed by atoms with Gasteiger partial charge in [0, 0.05) is 40.1 Å². The van der Waals surface area contributed by atoms with E-state index in [2.05, 4.69) is 21.2 Å². The van der Waals surface area contributed by atoms with Crippen molar-refractivity contribution in [2.75, 3.05) is 16.8 Å². The topological polar surface area (TPSA) is 113 Å². The molecule has 0 bridgehead atoms. The molecule has 0 spiro atoms. The number of carbonyl (C=O) groups is 4. The number of imide groups is 1. The maximum absolute atomic E-state index is 14.2. The number of Topliss-reactive ketones (excluding diaryl/α,β-unsaturated/α-hetero) is 1. The monoisotopic (exact) mass is 664 g/mol. The number of allylic oxidation sites excluding steroid dienone is 6. The Morgan fingerprint density at radius 3 is 2.38 bits per heavy atom. The summed E-state index contributed by atoms with van der Waals surface area (Å²) in [5, 5.41) is 14.6. The molecule has 4 unspecified atom stereocenters. The number of aromatic hydroxyl groups is 1. The van der Waals surface area contributed by atoms with Gasteiger partial charge in [-0.05, 0) is 84.1 Å². The summed E-state index contributed by atoms with van der Waals surface area (Å²) in [4.78, 5) is 56.3. The van der Waals surface area contributed by atoms with Crippen molar-refractivity contribution < 1.29 is 29.0 Å². The molecule has 2 N–H and O–H groups in total. The maximum atomic E-state index is 14.2. The molecular weight excluding hydrogens is 636 g/mol. The Morgan fingerprint density at radius 1 is 0.911 bits per heavy atom. The van der Waals surface area contributed by atoms with E-state index in [0.29, 0.717) is 35.4 Å². The number of hydrogen-bond donors (Lipinski definition) is 2. The predicted molar refractivity (Wildman–Crippen MR) is 173 cm³/mol. The third kappa shape index (κ3) is 4.73. The van der Waals surface area contributed by atoms with E-state index in [-0.39, 0.29) is 45.8 Å². The van der Waals surface area contributed by atoms with E-state index < -0.39 is 23.7 Å². The number of anilines is 3. The maximum Gasteiger partial charge on any atom is 0.238 e. The van der Waals surface area contributed by atoms with E-state index >= 15 is 0 Å². The van der Waals surface area contributed by atoms with Crippen LogP contribution < -0.4 is 15.0 Å².